The van der Waals surface area contributed by atoms with Gasteiger partial charge >= 0.3 is 17.8 Å². The van der Waals surface area contributed by atoms with Crippen molar-refractivity contribution in [3.05, 3.63) is 24.2 Å². The maximum Gasteiger partial charge on any atom is 0.335 e. The van der Waals surface area contributed by atoms with Crippen molar-refractivity contribution in [2.75, 3.05) is 6.54 Å². The molecule has 1 aliphatic heterocycles. The minimum absolute atomic E-state index is 0.00484. The van der Waals surface area contributed by atoms with Crippen molar-refractivity contribution in [3.63, 3.8) is 0 Å². The molecule has 1 aliphatic carbocycles. The second kappa shape index (κ2) is 5.86. The Bertz CT molecular complexity index is 650. The van der Waals surface area contributed by atoms with E-state index in [1.807, 2.05) is 6.92 Å². The Morgan fingerprint density at radius 2 is 2.00 bits per heavy atom. The van der Waals surface area contributed by atoms with Gasteiger partial charge in [-0.2, -0.15) is 0 Å². The van der Waals surface area contributed by atoms with Crippen molar-refractivity contribution in [3.8, 4) is 0 Å². The van der Waals surface area contributed by atoms with Crippen LogP contribution in [-0.4, -0.2) is 46.1 Å². The number of carbonyl (C=O) groups is 4. The van der Waals surface area contributed by atoms with Crippen LogP contribution < -0.4 is 5.32 Å². The van der Waals surface area contributed by atoms with Gasteiger partial charge in [-0.1, -0.05) is 0 Å². The molecule has 8 nitrogen and oxygen atoms in total. The molecule has 5 amide bonds. The number of nitrogens with zero attached hydrogens (tertiary/aromatic N) is 2. The highest BCUT2D eigenvalue weighted by molar-refractivity contribution is 6.44. The predicted molar refractivity (Wildman–Crippen MR) is 76.7 cm³/mol. The van der Waals surface area contributed by atoms with Crippen LogP contribution in [0.5, 0.6) is 0 Å². The number of carbonyl (C=O) groups excluding carboxylic acids is 4. The zero-order valence-corrected chi connectivity index (χ0v) is 12.7. The maximum absolute atomic E-state index is 12.2. The smallest absolute Gasteiger partial charge is 0.335 e. The first-order valence-electron chi connectivity index (χ1n) is 7.46. The first kappa shape index (κ1) is 15.3. The maximum atomic E-state index is 12.2. The van der Waals surface area contributed by atoms with Crippen molar-refractivity contribution in [2.24, 2.45) is 5.92 Å². The van der Waals surface area contributed by atoms with E-state index in [-0.39, 0.29) is 12.6 Å². The molecule has 23 heavy (non-hydrogen) atoms. The molecule has 1 aromatic rings. The van der Waals surface area contributed by atoms with E-state index in [0.717, 1.165) is 17.7 Å². The Balaban J connectivity index is 1.62. The number of hydrogen-bond acceptors (Lipinski definition) is 5. The van der Waals surface area contributed by atoms with E-state index in [1.165, 1.54) is 6.26 Å². The topological polar surface area (TPSA) is 99.9 Å². The standard InChI is InChI=1S/C15H17N3O5/c1-9(10-4-5-10)16-12(19)8-18-14(21)13(20)17(15(18)22)7-11-3-2-6-23-11/h2-3,6,9-10H,4-5,7-8H2,1H3,(H,16,19)/t9-/m1/s1. The lowest BCUT2D eigenvalue weighted by atomic mass is 10.2. The SMILES string of the molecule is C[C@@H](NC(=O)CN1C(=O)C(=O)N(Cc2ccco2)C1=O)C1CC1. The number of urea groups is 1. The van der Waals surface area contributed by atoms with Crippen LogP contribution in [0, 0.1) is 5.92 Å². The average molecular weight is 319 g/mol. The summed E-state index contributed by atoms with van der Waals surface area (Å²) in [7, 11) is 0. The summed E-state index contributed by atoms with van der Waals surface area (Å²) >= 11 is 0. The van der Waals surface area contributed by atoms with Gasteiger partial charge in [0.05, 0.1) is 12.8 Å². The van der Waals surface area contributed by atoms with Crippen LogP contribution in [0.4, 0.5) is 4.79 Å². The lowest BCUT2D eigenvalue weighted by molar-refractivity contribution is -0.144. The summed E-state index contributed by atoms with van der Waals surface area (Å²) in [5.41, 5.74) is 0. The van der Waals surface area contributed by atoms with Crippen LogP contribution in [-0.2, 0) is 20.9 Å². The summed E-state index contributed by atoms with van der Waals surface area (Å²) in [6, 6.07) is 2.42. The molecular formula is C15H17N3O5. The van der Waals surface area contributed by atoms with Crippen molar-refractivity contribution < 1.29 is 23.6 Å². The summed E-state index contributed by atoms with van der Waals surface area (Å²) in [5, 5.41) is 2.75. The zero-order valence-electron chi connectivity index (χ0n) is 12.7. The van der Waals surface area contributed by atoms with Gasteiger partial charge in [0.15, 0.2) is 0 Å². The molecule has 0 radical (unpaired) electrons. The van der Waals surface area contributed by atoms with Crippen LogP contribution in [0.2, 0.25) is 0 Å². The molecule has 1 N–H and O–H groups in total. The fraction of sp³-hybridized carbons (Fsp3) is 0.467. The molecular weight excluding hydrogens is 302 g/mol. The van der Waals surface area contributed by atoms with Gasteiger partial charge in [-0.15, -0.1) is 0 Å². The summed E-state index contributed by atoms with van der Waals surface area (Å²) < 4.78 is 5.07. The molecule has 0 spiro atoms. The van der Waals surface area contributed by atoms with Gasteiger partial charge in [-0.3, -0.25) is 14.4 Å². The average Bonchev–Trinajstić information content (AvgIpc) is 3.21. The highest BCUT2D eigenvalue weighted by Gasteiger charge is 2.45. The second-order valence-electron chi connectivity index (χ2n) is 5.84. The third-order valence-electron chi connectivity index (χ3n) is 4.05. The van der Waals surface area contributed by atoms with E-state index >= 15 is 0 Å². The fourth-order valence-corrected chi connectivity index (χ4v) is 2.54. The second-order valence-corrected chi connectivity index (χ2v) is 5.84. The van der Waals surface area contributed by atoms with Crippen LogP contribution in [0.1, 0.15) is 25.5 Å². The van der Waals surface area contributed by atoms with E-state index in [9.17, 15) is 19.2 Å². The van der Waals surface area contributed by atoms with E-state index < -0.39 is 30.3 Å². The van der Waals surface area contributed by atoms with Gasteiger partial charge in [0.25, 0.3) is 0 Å². The lowest BCUT2D eigenvalue weighted by Crippen LogP contribution is -2.44. The van der Waals surface area contributed by atoms with Crippen molar-refractivity contribution in [1.29, 1.82) is 0 Å². The largest absolute Gasteiger partial charge is 0.467 e. The third-order valence-corrected chi connectivity index (χ3v) is 4.05. The van der Waals surface area contributed by atoms with Gasteiger partial charge < -0.3 is 9.73 Å². The van der Waals surface area contributed by atoms with E-state index in [2.05, 4.69) is 5.32 Å². The first-order valence-corrected chi connectivity index (χ1v) is 7.46. The zero-order chi connectivity index (χ0) is 16.6. The highest BCUT2D eigenvalue weighted by atomic mass is 16.3. The van der Waals surface area contributed by atoms with E-state index in [4.69, 9.17) is 4.42 Å². The van der Waals surface area contributed by atoms with Gasteiger partial charge in [-0.05, 0) is 37.8 Å². The van der Waals surface area contributed by atoms with E-state index in [0.29, 0.717) is 16.6 Å². The summed E-state index contributed by atoms with van der Waals surface area (Å²) in [6.07, 6.45) is 3.55. The number of imide groups is 2. The lowest BCUT2D eigenvalue weighted by Gasteiger charge is -2.17. The molecule has 1 atom stereocenters. The fourth-order valence-electron chi connectivity index (χ4n) is 2.54. The number of rotatable bonds is 6. The van der Waals surface area contributed by atoms with Gasteiger partial charge in [0.1, 0.15) is 12.3 Å². The molecule has 8 heteroatoms. The number of hydrogen-bond donors (Lipinski definition) is 1. The molecule has 0 bridgehead atoms. The Hall–Kier alpha value is -2.64. The van der Waals surface area contributed by atoms with Gasteiger partial charge in [0, 0.05) is 6.04 Å². The molecule has 2 fully saturated rings. The number of furan rings is 1. The molecule has 3 rings (SSSR count). The van der Waals surface area contributed by atoms with E-state index in [1.54, 1.807) is 12.1 Å². The molecule has 2 aliphatic rings. The minimum Gasteiger partial charge on any atom is -0.467 e. The molecule has 1 aromatic heterocycles. The van der Waals surface area contributed by atoms with Crippen LogP contribution >= 0.6 is 0 Å². The van der Waals surface area contributed by atoms with Crippen LogP contribution in [0.25, 0.3) is 0 Å². The van der Waals surface area contributed by atoms with Crippen molar-refractivity contribution >= 4 is 23.8 Å². The Morgan fingerprint density at radius 3 is 2.61 bits per heavy atom. The number of nitrogens with one attached hydrogen (secondary N) is 1. The molecule has 1 saturated heterocycles. The quantitative estimate of drug-likeness (QED) is 0.607. The molecule has 0 unspecified atom stereocenters. The predicted octanol–water partition coefficient (Wildman–Crippen LogP) is 0.485. The van der Waals surface area contributed by atoms with Gasteiger partial charge in [-0.25, -0.2) is 14.6 Å². The van der Waals surface area contributed by atoms with Crippen molar-refractivity contribution in [1.82, 2.24) is 15.1 Å². The Labute approximate surface area is 132 Å². The normalized spacial score (nSPS) is 19.4. The Kier molecular flexibility index (Phi) is 3.89. The Morgan fingerprint density at radius 1 is 1.30 bits per heavy atom. The molecule has 0 aromatic carbocycles. The molecule has 2 heterocycles. The van der Waals surface area contributed by atoms with Crippen molar-refractivity contribution in [2.45, 2.75) is 32.4 Å². The molecule has 122 valence electrons. The number of amides is 5. The van der Waals surface area contributed by atoms with Gasteiger partial charge in [0.2, 0.25) is 5.91 Å². The summed E-state index contributed by atoms with van der Waals surface area (Å²) in [5.74, 6) is -1.54. The highest BCUT2D eigenvalue weighted by Crippen LogP contribution is 2.32. The minimum atomic E-state index is -0.990. The third kappa shape index (κ3) is 3.10. The first-order chi connectivity index (χ1) is 11.0. The summed E-state index contributed by atoms with van der Waals surface area (Å²) in [6.45, 7) is 1.31. The summed E-state index contributed by atoms with van der Waals surface area (Å²) in [4.78, 5) is 49.4. The monoisotopic (exact) mass is 319 g/mol. The van der Waals surface area contributed by atoms with Crippen LogP contribution in [0.3, 0.4) is 0 Å². The molecule has 1 saturated carbocycles. The van der Waals surface area contributed by atoms with Crippen LogP contribution in [0.15, 0.2) is 22.8 Å².